The molecule has 0 aromatic heterocycles. The van der Waals surface area contributed by atoms with Crippen molar-refractivity contribution in [2.75, 3.05) is 13.2 Å². The lowest BCUT2D eigenvalue weighted by atomic mass is 10.2. The predicted octanol–water partition coefficient (Wildman–Crippen LogP) is 0.142. The molecular formula is C5H12NOPS. The smallest absolute Gasteiger partial charge is 0.0590 e. The van der Waals surface area contributed by atoms with Crippen molar-refractivity contribution in [2.45, 2.75) is 17.7 Å². The number of hydrogen-bond donors (Lipinski definition) is 2. The number of thiol groups is 1. The van der Waals surface area contributed by atoms with Crippen molar-refractivity contribution in [1.29, 1.82) is 0 Å². The molecule has 0 saturated carbocycles. The molecule has 0 spiro atoms. The highest BCUT2D eigenvalue weighted by molar-refractivity contribution is 7.81. The predicted molar refractivity (Wildman–Crippen MR) is 44.7 cm³/mol. The number of hydrogen-bond acceptors (Lipinski definition) is 3. The third kappa shape index (κ3) is 1.81. The Morgan fingerprint density at radius 3 is 2.67 bits per heavy atom. The summed E-state index contributed by atoms with van der Waals surface area (Å²) in [5, 5.41) is 9.21. The van der Waals surface area contributed by atoms with Crippen LogP contribution >= 0.6 is 22.0 Å². The van der Waals surface area contributed by atoms with Gasteiger partial charge in [0.25, 0.3) is 0 Å². The Morgan fingerprint density at radius 1 is 1.78 bits per heavy atom. The Balaban J connectivity index is 2.38. The van der Waals surface area contributed by atoms with E-state index in [4.69, 9.17) is 5.11 Å². The minimum Gasteiger partial charge on any atom is -0.395 e. The molecule has 3 unspecified atom stereocenters. The zero-order valence-electron chi connectivity index (χ0n) is 5.20. The lowest BCUT2D eigenvalue weighted by molar-refractivity contribution is 0.220. The molecule has 1 heterocycles. The van der Waals surface area contributed by atoms with Crippen molar-refractivity contribution in [3.63, 3.8) is 0 Å². The second-order valence-electron chi connectivity index (χ2n) is 2.42. The quantitative estimate of drug-likeness (QED) is 0.426. The zero-order valence-corrected chi connectivity index (χ0v) is 7.24. The van der Waals surface area contributed by atoms with E-state index in [1.807, 2.05) is 0 Å². The lowest BCUT2D eigenvalue weighted by Crippen LogP contribution is -2.22. The highest BCUT2D eigenvalue weighted by atomic mass is 32.1. The summed E-state index contributed by atoms with van der Waals surface area (Å²) in [7, 11) is 2.60. The molecule has 0 bridgehead atoms. The van der Waals surface area contributed by atoms with Gasteiger partial charge in [-0.1, -0.05) is 9.39 Å². The van der Waals surface area contributed by atoms with Crippen molar-refractivity contribution in [2.24, 2.45) is 0 Å². The van der Waals surface area contributed by atoms with Gasteiger partial charge in [-0.15, -0.1) is 0 Å². The van der Waals surface area contributed by atoms with Crippen molar-refractivity contribution >= 4 is 22.0 Å². The fraction of sp³-hybridized carbons (Fsp3) is 1.00. The van der Waals surface area contributed by atoms with Crippen LogP contribution in [0.15, 0.2) is 0 Å². The molecule has 1 rings (SSSR count). The number of rotatable bonds is 1. The molecule has 0 aromatic rings. The Morgan fingerprint density at radius 2 is 2.44 bits per heavy atom. The molecule has 0 aromatic carbocycles. The van der Waals surface area contributed by atoms with Gasteiger partial charge in [-0.05, 0) is 6.42 Å². The van der Waals surface area contributed by atoms with Gasteiger partial charge in [-0.2, -0.15) is 12.6 Å². The SMILES string of the molecule is OCC1CC(S)CN1P. The Labute approximate surface area is 63.3 Å². The first-order valence-electron chi connectivity index (χ1n) is 3.04. The summed E-state index contributed by atoms with van der Waals surface area (Å²) in [6, 6.07) is 0.317. The van der Waals surface area contributed by atoms with Crippen LogP contribution in [0.4, 0.5) is 0 Å². The summed E-state index contributed by atoms with van der Waals surface area (Å²) in [6.07, 6.45) is 1.00. The van der Waals surface area contributed by atoms with Crippen molar-refractivity contribution < 1.29 is 5.11 Å². The molecule has 0 amide bonds. The molecule has 9 heavy (non-hydrogen) atoms. The van der Waals surface area contributed by atoms with Crippen LogP contribution in [0.25, 0.3) is 0 Å². The normalized spacial score (nSPS) is 37.7. The fourth-order valence-corrected chi connectivity index (χ4v) is 2.18. The summed E-state index contributed by atoms with van der Waals surface area (Å²) >= 11 is 4.30. The van der Waals surface area contributed by atoms with Crippen LogP contribution in [-0.4, -0.2) is 34.2 Å². The highest BCUT2D eigenvalue weighted by Gasteiger charge is 2.26. The molecule has 1 aliphatic heterocycles. The summed E-state index contributed by atoms with van der Waals surface area (Å²) < 4.78 is 2.07. The summed E-state index contributed by atoms with van der Waals surface area (Å²) in [5.74, 6) is 0. The van der Waals surface area contributed by atoms with Crippen LogP contribution in [0.5, 0.6) is 0 Å². The standard InChI is InChI=1S/C5H12NOPS/c7-3-4-1-5(9)2-6(4)8/h4-5,7,9H,1-3,8H2. The first kappa shape index (κ1) is 7.80. The molecule has 1 fully saturated rings. The minimum atomic E-state index is 0.251. The average molecular weight is 165 g/mol. The van der Waals surface area contributed by atoms with E-state index in [9.17, 15) is 0 Å². The van der Waals surface area contributed by atoms with E-state index in [2.05, 4.69) is 26.7 Å². The molecule has 1 saturated heterocycles. The Kier molecular flexibility index (Phi) is 2.77. The fourth-order valence-electron chi connectivity index (χ4n) is 1.10. The topological polar surface area (TPSA) is 23.5 Å². The number of aliphatic hydroxyl groups excluding tert-OH is 1. The van der Waals surface area contributed by atoms with Crippen LogP contribution in [0.2, 0.25) is 0 Å². The van der Waals surface area contributed by atoms with E-state index in [-0.39, 0.29) is 6.61 Å². The van der Waals surface area contributed by atoms with Gasteiger partial charge in [-0.3, -0.25) is 4.67 Å². The van der Waals surface area contributed by atoms with Crippen molar-refractivity contribution in [1.82, 2.24) is 4.67 Å². The monoisotopic (exact) mass is 165 g/mol. The maximum atomic E-state index is 8.77. The van der Waals surface area contributed by atoms with Gasteiger partial charge < -0.3 is 5.11 Å². The lowest BCUT2D eigenvalue weighted by Gasteiger charge is -2.14. The maximum absolute atomic E-state index is 8.77. The first-order valence-corrected chi connectivity index (χ1v) is 4.07. The third-order valence-corrected chi connectivity index (χ3v) is 2.65. The summed E-state index contributed by atoms with van der Waals surface area (Å²) in [4.78, 5) is 0. The maximum Gasteiger partial charge on any atom is 0.0590 e. The average Bonchev–Trinajstić information content (AvgIpc) is 2.10. The van der Waals surface area contributed by atoms with E-state index in [1.165, 1.54) is 0 Å². The molecular weight excluding hydrogens is 153 g/mol. The minimum absolute atomic E-state index is 0.251. The van der Waals surface area contributed by atoms with Gasteiger partial charge >= 0.3 is 0 Å². The molecule has 2 nitrogen and oxygen atoms in total. The second-order valence-corrected chi connectivity index (χ2v) is 3.82. The van der Waals surface area contributed by atoms with Gasteiger partial charge in [0.2, 0.25) is 0 Å². The van der Waals surface area contributed by atoms with Crippen LogP contribution in [0, 0.1) is 0 Å². The van der Waals surface area contributed by atoms with E-state index >= 15 is 0 Å². The Hall–Kier alpha value is 0.700. The largest absolute Gasteiger partial charge is 0.395 e. The van der Waals surface area contributed by atoms with E-state index < -0.39 is 0 Å². The third-order valence-electron chi connectivity index (χ3n) is 1.65. The van der Waals surface area contributed by atoms with Crippen LogP contribution in [0.3, 0.4) is 0 Å². The van der Waals surface area contributed by atoms with Crippen LogP contribution < -0.4 is 0 Å². The summed E-state index contributed by atoms with van der Waals surface area (Å²) in [5.41, 5.74) is 0. The van der Waals surface area contributed by atoms with Crippen molar-refractivity contribution in [3.8, 4) is 0 Å². The van der Waals surface area contributed by atoms with Crippen molar-refractivity contribution in [3.05, 3.63) is 0 Å². The van der Waals surface area contributed by atoms with Gasteiger partial charge in [-0.25, -0.2) is 0 Å². The van der Waals surface area contributed by atoms with Crippen LogP contribution in [-0.2, 0) is 0 Å². The van der Waals surface area contributed by atoms with E-state index in [1.54, 1.807) is 0 Å². The number of aliphatic hydroxyl groups is 1. The molecule has 3 atom stereocenters. The van der Waals surface area contributed by atoms with Gasteiger partial charge in [0.1, 0.15) is 0 Å². The first-order chi connectivity index (χ1) is 4.24. The molecule has 1 aliphatic rings. The van der Waals surface area contributed by atoms with Gasteiger partial charge in [0.15, 0.2) is 0 Å². The van der Waals surface area contributed by atoms with E-state index in [0.717, 1.165) is 13.0 Å². The van der Waals surface area contributed by atoms with Gasteiger partial charge in [0.05, 0.1) is 6.61 Å². The number of nitrogens with zero attached hydrogens (tertiary/aromatic N) is 1. The van der Waals surface area contributed by atoms with Gasteiger partial charge in [0, 0.05) is 17.8 Å². The zero-order chi connectivity index (χ0) is 6.85. The van der Waals surface area contributed by atoms with E-state index in [0.29, 0.717) is 11.3 Å². The second kappa shape index (κ2) is 3.20. The van der Waals surface area contributed by atoms with Crippen LogP contribution in [0.1, 0.15) is 6.42 Å². The molecule has 0 radical (unpaired) electrons. The summed E-state index contributed by atoms with van der Waals surface area (Å²) in [6.45, 7) is 1.22. The molecule has 4 heteroatoms. The highest BCUT2D eigenvalue weighted by Crippen LogP contribution is 2.23. The molecule has 1 N–H and O–H groups in total. The molecule has 0 aliphatic carbocycles. The Bertz CT molecular complexity index is 103. The molecule has 54 valence electrons.